The van der Waals surface area contributed by atoms with Crippen molar-refractivity contribution in [1.82, 2.24) is 19.9 Å². The van der Waals surface area contributed by atoms with Crippen LogP contribution in [-0.2, 0) is 17.1 Å². The molecule has 291 valence electrons. The van der Waals surface area contributed by atoms with E-state index in [9.17, 15) is 39.5 Å². The number of rotatable bonds is 3. The van der Waals surface area contributed by atoms with Gasteiger partial charge < -0.3 is 15.0 Å². The predicted molar refractivity (Wildman–Crippen MR) is 168 cm³/mol. The maximum absolute atomic E-state index is 15.5. The molecule has 20 heteroatoms. The van der Waals surface area contributed by atoms with Crippen LogP contribution in [0.4, 0.5) is 65.9 Å². The van der Waals surface area contributed by atoms with Crippen molar-refractivity contribution in [2.24, 2.45) is 0 Å². The van der Waals surface area contributed by atoms with E-state index >= 15 is 26.3 Å². The Morgan fingerprint density at radius 1 is 0.263 bits per heavy atom. The van der Waals surface area contributed by atoms with Gasteiger partial charge in [-0.25, -0.2) is 70.8 Å². The number of nitrogens with zero attached hydrogens (tertiary/aromatic N) is 4. The second-order valence-electron chi connectivity index (χ2n) is 11.8. The summed E-state index contributed by atoms with van der Waals surface area (Å²) in [6.45, 7) is 0. The van der Waals surface area contributed by atoms with Gasteiger partial charge in [0.1, 0.15) is 0 Å². The van der Waals surface area contributed by atoms with E-state index in [1.54, 1.807) is 0 Å². The molecule has 0 unspecified atom stereocenters. The van der Waals surface area contributed by atoms with Crippen molar-refractivity contribution in [3.05, 3.63) is 135 Å². The van der Waals surface area contributed by atoms with Gasteiger partial charge in [-0.1, -0.05) is 36.4 Å². The molecule has 7 aromatic rings. The molecule has 0 saturated heterocycles. The van der Waals surface area contributed by atoms with Crippen LogP contribution in [-0.4, -0.2) is 4.98 Å². The Morgan fingerprint density at radius 3 is 0.772 bits per heavy atom. The van der Waals surface area contributed by atoms with Crippen molar-refractivity contribution in [2.75, 3.05) is 0 Å². The standard InChI is InChI=1S/C37H8F15N4.Mn/c38-23-20(24(39)30(45)35(50)29(23)44)17-11-3-1-9(53-11)10-2-4-12(54-10)18(21-25(40)31(46)36(51)32(47)26(21)41)14-6-8-16(56-14)19(15-7-5-13(17)55-15)22-27(42)33(48)37(52)34(49)28(22)43;/h1-8H;/q-3;. The molecule has 8 bridgehead atoms. The smallest absolute Gasteiger partial charge is 0.200 e. The summed E-state index contributed by atoms with van der Waals surface area (Å²) in [7, 11) is 0. The molecule has 57 heavy (non-hydrogen) atoms. The number of fused-ring (bicyclic) bond motifs is 9. The van der Waals surface area contributed by atoms with Gasteiger partial charge in [-0.15, -0.1) is 22.1 Å². The Hall–Kier alpha value is -6.14. The Labute approximate surface area is 316 Å². The molecule has 0 atom stereocenters. The molecular formula is C37H8F15MnN4-3. The average Bonchev–Trinajstić information content (AvgIpc) is 4.03. The summed E-state index contributed by atoms with van der Waals surface area (Å²) in [6, 6.07) is 5.64. The first kappa shape index (κ1) is 39.1. The molecule has 4 aromatic heterocycles. The Balaban J connectivity index is 0.00000496. The molecule has 1 aliphatic rings. The first-order valence-corrected chi connectivity index (χ1v) is 15.3. The summed E-state index contributed by atoms with van der Waals surface area (Å²) in [5.74, 6) is -37.0. The monoisotopic (exact) mass is 848 g/mol. The van der Waals surface area contributed by atoms with Gasteiger partial charge in [0.2, 0.25) is 17.5 Å². The van der Waals surface area contributed by atoms with Crippen LogP contribution in [0.15, 0.2) is 36.4 Å². The molecule has 0 spiro atoms. The number of benzene rings is 3. The van der Waals surface area contributed by atoms with E-state index in [0.29, 0.717) is 0 Å². The molecule has 0 aliphatic carbocycles. The van der Waals surface area contributed by atoms with Crippen molar-refractivity contribution in [1.29, 1.82) is 0 Å². The predicted octanol–water partition coefficient (Wildman–Crippen LogP) is 10.7. The van der Waals surface area contributed by atoms with E-state index in [1.165, 1.54) is 0 Å². The van der Waals surface area contributed by atoms with Crippen molar-refractivity contribution in [3.8, 4) is 33.4 Å². The van der Waals surface area contributed by atoms with E-state index < -0.39 is 154 Å². The van der Waals surface area contributed by atoms with Gasteiger partial charge in [-0.05, 0) is 28.8 Å². The Bertz CT molecular complexity index is 2970. The summed E-state index contributed by atoms with van der Waals surface area (Å²) in [6.07, 6.45) is 1.56. The van der Waals surface area contributed by atoms with Crippen LogP contribution in [0.3, 0.4) is 0 Å². The molecule has 5 heterocycles. The average molecular weight is 848 g/mol. The SMILES string of the molecule is Fc1c(F)c(F)c(-c2c3nc(c(-c4c(F)c(F)c(F)c(F)c4F)c4ccc([n-]4)c4ccc([n-]4)c(-c4c(F)c(F)c(F)c(F)c4F)c4ccc2[n-]4)C=C3)c(F)c1F.[Mn]. The van der Waals surface area contributed by atoms with Crippen molar-refractivity contribution in [3.63, 3.8) is 0 Å². The van der Waals surface area contributed by atoms with Crippen LogP contribution in [0.2, 0.25) is 0 Å². The fraction of sp³-hybridized carbons (Fsp3) is 0. The molecule has 1 aliphatic heterocycles. The van der Waals surface area contributed by atoms with Gasteiger partial charge >= 0.3 is 0 Å². The molecule has 8 rings (SSSR count). The van der Waals surface area contributed by atoms with Crippen LogP contribution >= 0.6 is 0 Å². The molecule has 0 N–H and O–H groups in total. The quantitative estimate of drug-likeness (QED) is 0.0769. The van der Waals surface area contributed by atoms with Gasteiger partial charge in [-0.2, -0.15) is 11.0 Å². The van der Waals surface area contributed by atoms with Crippen molar-refractivity contribution < 1.29 is 82.9 Å². The van der Waals surface area contributed by atoms with E-state index in [4.69, 9.17) is 0 Å². The van der Waals surface area contributed by atoms with E-state index in [-0.39, 0.29) is 28.1 Å². The largest absolute Gasteiger partial charge is 0.658 e. The van der Waals surface area contributed by atoms with Crippen LogP contribution in [0, 0.1) is 87.3 Å². The summed E-state index contributed by atoms with van der Waals surface area (Å²) < 4.78 is 223. The zero-order valence-corrected chi connectivity index (χ0v) is 28.1. The normalized spacial score (nSPS) is 11.9. The van der Waals surface area contributed by atoms with Crippen LogP contribution < -0.4 is 15.0 Å². The summed E-state index contributed by atoms with van der Waals surface area (Å²) in [5, 5.41) is 0. The van der Waals surface area contributed by atoms with Gasteiger partial charge in [0, 0.05) is 17.1 Å². The Kier molecular flexibility index (Phi) is 9.47. The van der Waals surface area contributed by atoms with Gasteiger partial charge in [0.05, 0.1) is 28.1 Å². The third kappa shape index (κ3) is 5.68. The minimum absolute atomic E-state index is 0. The van der Waals surface area contributed by atoms with E-state index in [1.807, 2.05) is 0 Å². The number of hydrogen-bond acceptors (Lipinski definition) is 1. The molecule has 3 aromatic carbocycles. The first-order valence-electron chi connectivity index (χ1n) is 15.3. The molecule has 0 amide bonds. The van der Waals surface area contributed by atoms with E-state index in [0.717, 1.165) is 48.6 Å². The van der Waals surface area contributed by atoms with Gasteiger partial charge in [-0.3, -0.25) is 0 Å². The van der Waals surface area contributed by atoms with Crippen molar-refractivity contribution in [2.45, 2.75) is 0 Å². The maximum atomic E-state index is 15.5. The third-order valence-corrected chi connectivity index (χ3v) is 8.74. The number of halogens is 15. The minimum Gasteiger partial charge on any atom is -0.658 e. The Morgan fingerprint density at radius 2 is 0.474 bits per heavy atom. The van der Waals surface area contributed by atoms with Gasteiger partial charge in [0.15, 0.2) is 69.8 Å². The second-order valence-corrected chi connectivity index (χ2v) is 11.8. The molecule has 0 fully saturated rings. The first-order chi connectivity index (χ1) is 26.5. The summed E-state index contributed by atoms with van der Waals surface area (Å²) >= 11 is 0. The third-order valence-electron chi connectivity index (χ3n) is 8.74. The molecule has 0 saturated carbocycles. The van der Waals surface area contributed by atoms with Crippen LogP contribution in [0.5, 0.6) is 0 Å². The second kappa shape index (κ2) is 13.8. The number of aromatic nitrogens is 4. The summed E-state index contributed by atoms with van der Waals surface area (Å²) in [5.41, 5.74) is -13.0. The maximum Gasteiger partial charge on any atom is 0.200 e. The summed E-state index contributed by atoms with van der Waals surface area (Å²) in [4.78, 5) is 16.3. The van der Waals surface area contributed by atoms with Crippen LogP contribution in [0.1, 0.15) is 11.4 Å². The van der Waals surface area contributed by atoms with Gasteiger partial charge in [0.25, 0.3) is 0 Å². The van der Waals surface area contributed by atoms with Crippen LogP contribution in [0.25, 0.3) is 78.6 Å². The fourth-order valence-electron chi connectivity index (χ4n) is 6.20. The molecule has 4 nitrogen and oxygen atoms in total. The van der Waals surface area contributed by atoms with Crippen molar-refractivity contribution >= 4 is 45.3 Å². The van der Waals surface area contributed by atoms with E-state index in [2.05, 4.69) is 19.9 Å². The number of hydrogen-bond donors (Lipinski definition) is 0. The zero-order valence-electron chi connectivity index (χ0n) is 27.0. The minimum atomic E-state index is -2.62. The molecular weight excluding hydrogens is 840 g/mol. The topological polar surface area (TPSA) is 55.2 Å². The fourth-order valence-corrected chi connectivity index (χ4v) is 6.20. The molecule has 1 radical (unpaired) electrons. The zero-order chi connectivity index (χ0) is 40.2.